The number of carbonyl (C=O) groups excluding carboxylic acids is 1. The first-order valence-corrected chi connectivity index (χ1v) is 12.3. The molecule has 0 radical (unpaired) electrons. The van der Waals surface area contributed by atoms with Gasteiger partial charge in [-0.2, -0.15) is 0 Å². The van der Waals surface area contributed by atoms with Crippen LogP contribution in [0.25, 0.3) is 11.6 Å². The summed E-state index contributed by atoms with van der Waals surface area (Å²) in [6.45, 7) is 4.82. The molecule has 3 rings (SSSR count). The Bertz CT molecular complexity index is 838. The number of unbranched alkanes of at least 4 members (excludes halogenated alkanes) is 2. The van der Waals surface area contributed by atoms with Crippen molar-refractivity contribution in [3.05, 3.63) is 65.2 Å². The van der Waals surface area contributed by atoms with Crippen LogP contribution in [0, 0.1) is 5.92 Å². The van der Waals surface area contributed by atoms with Crippen molar-refractivity contribution in [2.75, 3.05) is 12.4 Å². The summed E-state index contributed by atoms with van der Waals surface area (Å²) in [6, 6.07) is 17.3. The number of hydrogen-bond acceptors (Lipinski definition) is 3. The van der Waals surface area contributed by atoms with Crippen LogP contribution in [0.2, 0.25) is 0 Å². The number of hydrogen-bond donors (Lipinski definition) is 0. The highest BCUT2D eigenvalue weighted by Gasteiger charge is 2.11. The average Bonchev–Trinajstić information content (AvgIpc) is 3.00. The lowest BCUT2D eigenvalue weighted by Crippen LogP contribution is -2.06. The van der Waals surface area contributed by atoms with Crippen LogP contribution in [-0.4, -0.2) is 17.5 Å². The number of rotatable bonds is 10. The summed E-state index contributed by atoms with van der Waals surface area (Å²) >= 11 is 1.49. The Morgan fingerprint density at radius 2 is 1.83 bits per heavy atom. The van der Waals surface area contributed by atoms with Gasteiger partial charge in [0.2, 0.25) is 0 Å². The topological polar surface area (TPSA) is 26.3 Å². The van der Waals surface area contributed by atoms with Crippen molar-refractivity contribution in [2.24, 2.45) is 5.92 Å². The summed E-state index contributed by atoms with van der Waals surface area (Å²) in [6.07, 6.45) is 9.96. The number of aryl methyl sites for hydroxylation is 1. The van der Waals surface area contributed by atoms with Gasteiger partial charge < -0.3 is 4.74 Å². The predicted octanol–water partition coefficient (Wildman–Crippen LogP) is 7.42. The highest BCUT2D eigenvalue weighted by Crippen LogP contribution is 2.30. The predicted molar refractivity (Wildman–Crippen MR) is 130 cm³/mol. The van der Waals surface area contributed by atoms with E-state index < -0.39 is 0 Å². The quantitative estimate of drug-likeness (QED) is 0.373. The molecule has 0 aliphatic heterocycles. The molecule has 1 aliphatic carbocycles. The molecule has 2 nitrogen and oxygen atoms in total. The molecule has 0 N–H and O–H groups in total. The van der Waals surface area contributed by atoms with Crippen molar-refractivity contribution in [1.82, 2.24) is 0 Å². The van der Waals surface area contributed by atoms with E-state index >= 15 is 0 Å². The van der Waals surface area contributed by atoms with Gasteiger partial charge in [-0.1, -0.05) is 68.1 Å². The van der Waals surface area contributed by atoms with Gasteiger partial charge in [0, 0.05) is 11.7 Å². The summed E-state index contributed by atoms with van der Waals surface area (Å²) in [5.41, 5.74) is 5.52. The number of fused-ring (bicyclic) bond motifs is 1. The summed E-state index contributed by atoms with van der Waals surface area (Å²) in [7, 11) is 0. The van der Waals surface area contributed by atoms with Gasteiger partial charge >= 0.3 is 0 Å². The monoisotopic (exact) mass is 422 g/mol. The number of carbonyl (C=O) groups is 1. The van der Waals surface area contributed by atoms with Crippen molar-refractivity contribution in [3.63, 3.8) is 0 Å². The van der Waals surface area contributed by atoms with E-state index in [9.17, 15) is 4.79 Å². The molecule has 0 spiro atoms. The maximum absolute atomic E-state index is 11.8. The molecular weight excluding hydrogens is 388 g/mol. The standard InChI is InChI=1S/C27H34O2S/c1-3-21(2)27(28)30-19-8-4-7-18-29-26-16-14-23(15-17-26)25-13-9-12-22-10-5-6-11-24(22)20-25/h5-6,10-11,14-17,20-21H,3-4,7-9,12-13,18-19H2,1-2H3. The molecule has 0 saturated heterocycles. The second kappa shape index (κ2) is 12.0. The fourth-order valence-electron chi connectivity index (χ4n) is 3.68. The van der Waals surface area contributed by atoms with Crippen LogP contribution in [-0.2, 0) is 11.2 Å². The van der Waals surface area contributed by atoms with E-state index in [1.807, 2.05) is 6.92 Å². The Morgan fingerprint density at radius 1 is 1.03 bits per heavy atom. The SMILES string of the molecule is CCC(C)C(=O)SCCCCCOc1ccc(C2=Cc3ccccc3CCC2)cc1. The maximum atomic E-state index is 11.8. The third-order valence-electron chi connectivity index (χ3n) is 5.82. The lowest BCUT2D eigenvalue weighted by Gasteiger charge is -2.09. The van der Waals surface area contributed by atoms with E-state index in [1.54, 1.807) is 0 Å². The van der Waals surface area contributed by atoms with Crippen molar-refractivity contribution < 1.29 is 9.53 Å². The van der Waals surface area contributed by atoms with Gasteiger partial charge in [0.25, 0.3) is 0 Å². The number of ether oxygens (including phenoxy) is 1. The number of benzene rings is 2. The minimum Gasteiger partial charge on any atom is -0.494 e. The Hall–Kier alpha value is -2.00. The van der Waals surface area contributed by atoms with E-state index in [0.717, 1.165) is 56.6 Å². The van der Waals surface area contributed by atoms with E-state index in [4.69, 9.17) is 4.74 Å². The van der Waals surface area contributed by atoms with Crippen molar-refractivity contribution >= 4 is 28.5 Å². The van der Waals surface area contributed by atoms with Crippen LogP contribution < -0.4 is 4.74 Å². The van der Waals surface area contributed by atoms with Gasteiger partial charge in [0.05, 0.1) is 6.61 Å². The minimum atomic E-state index is 0.185. The van der Waals surface area contributed by atoms with Gasteiger partial charge in [-0.3, -0.25) is 4.79 Å². The normalized spacial score (nSPS) is 14.4. The molecule has 0 saturated carbocycles. The fourth-order valence-corrected chi connectivity index (χ4v) is 4.68. The molecule has 0 heterocycles. The van der Waals surface area contributed by atoms with Crippen LogP contribution in [0.15, 0.2) is 48.5 Å². The Balaban J connectivity index is 1.40. The van der Waals surface area contributed by atoms with Crippen molar-refractivity contribution in [1.29, 1.82) is 0 Å². The Kier molecular flexibility index (Phi) is 9.07. The maximum Gasteiger partial charge on any atom is 0.191 e. The van der Waals surface area contributed by atoms with Gasteiger partial charge in [0.15, 0.2) is 5.12 Å². The van der Waals surface area contributed by atoms with Gasteiger partial charge in [0.1, 0.15) is 5.75 Å². The zero-order valence-corrected chi connectivity index (χ0v) is 19.2. The molecule has 0 amide bonds. The van der Waals surface area contributed by atoms with Crippen LogP contribution >= 0.6 is 11.8 Å². The molecule has 1 unspecified atom stereocenters. The minimum absolute atomic E-state index is 0.185. The molecule has 2 aromatic carbocycles. The van der Waals surface area contributed by atoms with E-state index in [-0.39, 0.29) is 5.92 Å². The zero-order valence-electron chi connectivity index (χ0n) is 18.4. The lowest BCUT2D eigenvalue weighted by molar-refractivity contribution is -0.113. The fraction of sp³-hybridized carbons (Fsp3) is 0.444. The first-order chi connectivity index (χ1) is 14.7. The van der Waals surface area contributed by atoms with Crippen LogP contribution in [0.4, 0.5) is 0 Å². The second-order valence-corrected chi connectivity index (χ2v) is 9.23. The zero-order chi connectivity index (χ0) is 21.2. The summed E-state index contributed by atoms with van der Waals surface area (Å²) in [5.74, 6) is 2.05. The van der Waals surface area contributed by atoms with Gasteiger partial charge in [-0.15, -0.1) is 0 Å². The summed E-state index contributed by atoms with van der Waals surface area (Å²) in [4.78, 5) is 11.8. The molecule has 0 aromatic heterocycles. The highest BCUT2D eigenvalue weighted by molar-refractivity contribution is 8.13. The first kappa shape index (κ1) is 22.7. The smallest absolute Gasteiger partial charge is 0.191 e. The van der Waals surface area contributed by atoms with Crippen molar-refractivity contribution in [2.45, 2.75) is 58.8 Å². The summed E-state index contributed by atoms with van der Waals surface area (Å²) in [5, 5.41) is 0.334. The first-order valence-electron chi connectivity index (χ1n) is 11.4. The molecule has 30 heavy (non-hydrogen) atoms. The van der Waals surface area contributed by atoms with Crippen LogP contribution in [0.1, 0.15) is 69.1 Å². The third-order valence-corrected chi connectivity index (χ3v) is 7.00. The molecular formula is C27H34O2S. The molecule has 1 atom stereocenters. The van der Waals surface area contributed by atoms with E-state index in [0.29, 0.717) is 5.12 Å². The molecule has 160 valence electrons. The third kappa shape index (κ3) is 6.77. The number of allylic oxidation sites excluding steroid dienone is 1. The van der Waals surface area contributed by atoms with Crippen LogP contribution in [0.5, 0.6) is 5.75 Å². The average molecular weight is 423 g/mol. The highest BCUT2D eigenvalue weighted by atomic mass is 32.2. The van der Waals surface area contributed by atoms with E-state index in [1.165, 1.54) is 40.4 Å². The largest absolute Gasteiger partial charge is 0.494 e. The molecule has 3 heteroatoms. The number of thioether (sulfide) groups is 1. The molecule has 2 aromatic rings. The van der Waals surface area contributed by atoms with Gasteiger partial charge in [-0.25, -0.2) is 0 Å². The second-order valence-electron chi connectivity index (χ2n) is 8.13. The molecule has 0 bridgehead atoms. The van der Waals surface area contributed by atoms with Crippen LogP contribution in [0.3, 0.4) is 0 Å². The van der Waals surface area contributed by atoms with E-state index in [2.05, 4.69) is 61.5 Å². The Morgan fingerprint density at radius 3 is 2.63 bits per heavy atom. The lowest BCUT2D eigenvalue weighted by atomic mass is 10.0. The summed E-state index contributed by atoms with van der Waals surface area (Å²) < 4.78 is 5.92. The molecule has 1 aliphatic rings. The van der Waals surface area contributed by atoms with Gasteiger partial charge in [-0.05, 0) is 79.3 Å². The van der Waals surface area contributed by atoms with Crippen molar-refractivity contribution in [3.8, 4) is 5.75 Å². The Labute approximate surface area is 186 Å². The molecule has 0 fully saturated rings.